The summed E-state index contributed by atoms with van der Waals surface area (Å²) in [7, 11) is -2.37. The van der Waals surface area contributed by atoms with Gasteiger partial charge in [-0.05, 0) is 48.4 Å². The van der Waals surface area contributed by atoms with E-state index in [4.69, 9.17) is 10.1 Å². The molecule has 46 heavy (non-hydrogen) atoms. The van der Waals surface area contributed by atoms with Crippen molar-refractivity contribution in [3.63, 3.8) is 0 Å². The lowest BCUT2D eigenvalue weighted by Crippen LogP contribution is -2.42. The Morgan fingerprint density at radius 1 is 0.826 bits per heavy atom. The summed E-state index contributed by atoms with van der Waals surface area (Å²) in [6.45, 7) is 1.70. The highest BCUT2D eigenvalue weighted by molar-refractivity contribution is 7.90. The second kappa shape index (κ2) is 14.9. The van der Waals surface area contributed by atoms with Gasteiger partial charge >= 0.3 is 18.2 Å². The number of nitrogens with one attached hydrogen (secondary N) is 3. The number of hydrogen-bond acceptors (Lipinski definition) is 9. The maximum atomic E-state index is 13.6. The van der Waals surface area contributed by atoms with Crippen LogP contribution >= 0.6 is 0 Å². The van der Waals surface area contributed by atoms with Crippen LogP contribution < -0.4 is 10.7 Å². The molecule has 238 valence electrons. The van der Waals surface area contributed by atoms with Gasteiger partial charge in [-0.25, -0.2) is 27.8 Å². The number of imide groups is 1. The van der Waals surface area contributed by atoms with Crippen molar-refractivity contribution in [2.24, 2.45) is 0 Å². The highest BCUT2D eigenvalue weighted by atomic mass is 32.2. The summed E-state index contributed by atoms with van der Waals surface area (Å²) >= 11 is 0. The van der Waals surface area contributed by atoms with E-state index in [1.54, 1.807) is 67.6 Å². The standard InChI is InChI=1S/C33H33N5O7S/c1-4-45-33(41)38(32(40)44-2)30(34)25-13-10-14-27(21-25)36-37(22-23-11-6-5-7-12-23)31(39)35-26-19-17-24(18-20-26)28-15-8-9-16-29(28)46(3,42)43/h5-21,34,36H,4,22H2,1-3H3,(H,35,39). The van der Waals surface area contributed by atoms with E-state index < -0.39 is 33.9 Å². The zero-order valence-corrected chi connectivity index (χ0v) is 26.2. The Labute approximate surface area is 266 Å². The largest absolute Gasteiger partial charge is 0.452 e. The molecular formula is C33H33N5O7S. The molecule has 0 aliphatic rings. The average molecular weight is 644 g/mol. The molecule has 0 fully saturated rings. The summed E-state index contributed by atoms with van der Waals surface area (Å²) in [5.74, 6) is -0.481. The Morgan fingerprint density at radius 2 is 1.50 bits per heavy atom. The van der Waals surface area contributed by atoms with Gasteiger partial charge in [0.05, 0.1) is 30.8 Å². The third-order valence-electron chi connectivity index (χ3n) is 6.59. The minimum absolute atomic E-state index is 0.0125. The minimum atomic E-state index is -3.45. The number of amides is 4. The molecule has 0 saturated carbocycles. The van der Waals surface area contributed by atoms with Crippen LogP contribution in [0.3, 0.4) is 0 Å². The first-order valence-electron chi connectivity index (χ1n) is 14.0. The Morgan fingerprint density at radius 3 is 2.15 bits per heavy atom. The van der Waals surface area contributed by atoms with Crippen LogP contribution in [0.1, 0.15) is 18.1 Å². The second-order valence-corrected chi connectivity index (χ2v) is 11.9. The molecule has 4 rings (SSSR count). The van der Waals surface area contributed by atoms with Crippen molar-refractivity contribution in [1.82, 2.24) is 9.91 Å². The molecule has 0 heterocycles. The quantitative estimate of drug-likeness (QED) is 0.108. The molecule has 0 aliphatic heterocycles. The van der Waals surface area contributed by atoms with Gasteiger partial charge in [-0.3, -0.25) is 10.8 Å². The van der Waals surface area contributed by atoms with E-state index in [0.717, 1.165) is 18.9 Å². The third kappa shape index (κ3) is 8.27. The number of ether oxygens (including phenoxy) is 2. The van der Waals surface area contributed by atoms with Crippen LogP contribution in [0, 0.1) is 5.41 Å². The molecule has 0 aliphatic carbocycles. The van der Waals surface area contributed by atoms with Crippen molar-refractivity contribution in [1.29, 1.82) is 5.41 Å². The molecule has 0 atom stereocenters. The molecule has 13 heteroatoms. The predicted molar refractivity (Wildman–Crippen MR) is 174 cm³/mol. The Bertz CT molecular complexity index is 1830. The van der Waals surface area contributed by atoms with Crippen LogP contribution in [-0.4, -0.2) is 62.4 Å². The zero-order valence-electron chi connectivity index (χ0n) is 25.4. The first-order valence-corrected chi connectivity index (χ1v) is 15.9. The molecule has 0 spiro atoms. The summed E-state index contributed by atoms with van der Waals surface area (Å²) in [4.78, 5) is 39.0. The predicted octanol–water partition coefficient (Wildman–Crippen LogP) is 6.37. The third-order valence-corrected chi connectivity index (χ3v) is 7.75. The number of hydrazine groups is 1. The van der Waals surface area contributed by atoms with E-state index in [1.165, 1.54) is 17.1 Å². The second-order valence-electron chi connectivity index (χ2n) is 9.89. The lowest BCUT2D eigenvalue weighted by molar-refractivity contribution is 0.109. The van der Waals surface area contributed by atoms with Crippen LogP contribution in [-0.2, 0) is 25.9 Å². The van der Waals surface area contributed by atoms with Crippen molar-refractivity contribution >= 4 is 45.3 Å². The molecule has 0 unspecified atom stereocenters. The highest BCUT2D eigenvalue weighted by Gasteiger charge is 2.29. The fourth-order valence-electron chi connectivity index (χ4n) is 4.44. The average Bonchev–Trinajstić information content (AvgIpc) is 3.05. The number of amidine groups is 1. The number of benzene rings is 4. The van der Waals surface area contributed by atoms with Crippen molar-refractivity contribution in [3.05, 3.63) is 114 Å². The zero-order chi connectivity index (χ0) is 33.3. The van der Waals surface area contributed by atoms with Crippen molar-refractivity contribution < 1.29 is 32.3 Å². The smallest absolute Gasteiger partial charge is 0.425 e. The lowest BCUT2D eigenvalue weighted by Gasteiger charge is -2.26. The van der Waals surface area contributed by atoms with Crippen LogP contribution in [0.2, 0.25) is 0 Å². The molecule has 4 aromatic rings. The fourth-order valence-corrected chi connectivity index (χ4v) is 5.35. The summed E-state index contributed by atoms with van der Waals surface area (Å²) in [6.07, 6.45) is -0.991. The number of methoxy groups -OCH3 is 1. The van der Waals surface area contributed by atoms with E-state index in [2.05, 4.69) is 15.5 Å². The van der Waals surface area contributed by atoms with Crippen LogP contribution in [0.5, 0.6) is 0 Å². The number of carbonyl (C=O) groups is 3. The van der Waals surface area contributed by atoms with Gasteiger partial charge in [0.15, 0.2) is 9.84 Å². The fraction of sp³-hybridized carbons (Fsp3) is 0.152. The molecule has 3 N–H and O–H groups in total. The molecule has 0 bridgehead atoms. The number of urea groups is 1. The molecule has 0 radical (unpaired) electrons. The van der Waals surface area contributed by atoms with Crippen molar-refractivity contribution in [3.8, 4) is 11.1 Å². The number of carbonyl (C=O) groups excluding carboxylic acids is 3. The number of rotatable bonds is 9. The highest BCUT2D eigenvalue weighted by Crippen LogP contribution is 2.28. The number of nitrogens with zero attached hydrogens (tertiary/aromatic N) is 2. The summed E-state index contributed by atoms with van der Waals surface area (Å²) in [5, 5.41) is 12.7. The summed E-state index contributed by atoms with van der Waals surface area (Å²) < 4.78 is 34.1. The lowest BCUT2D eigenvalue weighted by atomic mass is 10.1. The Hall–Kier alpha value is -5.69. The minimum Gasteiger partial charge on any atom is -0.452 e. The van der Waals surface area contributed by atoms with Crippen LogP contribution in [0.4, 0.5) is 25.8 Å². The van der Waals surface area contributed by atoms with E-state index in [-0.39, 0.29) is 23.6 Å². The Kier molecular flexibility index (Phi) is 10.7. The molecule has 12 nitrogen and oxygen atoms in total. The summed E-state index contributed by atoms with van der Waals surface area (Å²) in [5.41, 5.74) is 6.11. The van der Waals surface area contributed by atoms with Gasteiger partial charge < -0.3 is 14.8 Å². The number of hydrogen-bond donors (Lipinski definition) is 3. The van der Waals surface area contributed by atoms with Gasteiger partial charge in [-0.2, -0.15) is 4.90 Å². The van der Waals surface area contributed by atoms with Gasteiger partial charge in [0.1, 0.15) is 5.84 Å². The van der Waals surface area contributed by atoms with E-state index in [9.17, 15) is 22.8 Å². The topological polar surface area (TPSA) is 158 Å². The first-order chi connectivity index (χ1) is 22.0. The van der Waals surface area contributed by atoms with Gasteiger partial charge in [-0.1, -0.05) is 72.8 Å². The molecule has 4 amide bonds. The molecule has 0 aromatic heterocycles. The van der Waals surface area contributed by atoms with E-state index in [1.807, 2.05) is 30.3 Å². The number of anilines is 2. The SMILES string of the molecule is CCOC(=O)N(C(=N)c1cccc(NN(Cc2ccccc2)C(=O)Nc2ccc(-c3ccccc3S(C)(=O)=O)cc2)c1)C(=O)OC. The first kappa shape index (κ1) is 33.2. The van der Waals surface area contributed by atoms with Crippen LogP contribution in [0.15, 0.2) is 108 Å². The maximum absolute atomic E-state index is 13.6. The summed E-state index contributed by atoms with van der Waals surface area (Å²) in [6, 6.07) is 28.5. The van der Waals surface area contributed by atoms with Crippen molar-refractivity contribution in [2.75, 3.05) is 30.7 Å². The van der Waals surface area contributed by atoms with Gasteiger partial charge in [0.2, 0.25) is 0 Å². The van der Waals surface area contributed by atoms with Gasteiger partial charge in [-0.15, -0.1) is 0 Å². The van der Waals surface area contributed by atoms with Crippen molar-refractivity contribution in [2.45, 2.75) is 18.4 Å². The van der Waals surface area contributed by atoms with Gasteiger partial charge in [0.25, 0.3) is 0 Å². The monoisotopic (exact) mass is 643 g/mol. The normalized spacial score (nSPS) is 10.8. The maximum Gasteiger partial charge on any atom is 0.425 e. The number of sulfone groups is 1. The molecular weight excluding hydrogens is 610 g/mol. The van der Waals surface area contributed by atoms with Crippen LogP contribution in [0.25, 0.3) is 11.1 Å². The van der Waals surface area contributed by atoms with E-state index >= 15 is 0 Å². The van der Waals surface area contributed by atoms with Gasteiger partial charge in [0, 0.05) is 23.1 Å². The van der Waals surface area contributed by atoms with E-state index in [0.29, 0.717) is 27.4 Å². The Balaban J connectivity index is 1.58. The molecule has 0 saturated heterocycles. The molecule has 4 aromatic carbocycles.